The number of sulfonamides is 1. The van der Waals surface area contributed by atoms with E-state index >= 15 is 0 Å². The molecule has 2 aromatic rings. The summed E-state index contributed by atoms with van der Waals surface area (Å²) in [6.45, 7) is 4.27. The summed E-state index contributed by atoms with van der Waals surface area (Å²) in [5.74, 6) is 0. The van der Waals surface area contributed by atoms with Crippen LogP contribution in [0.1, 0.15) is 13.8 Å². The number of H-pyrrole nitrogens is 2. The lowest BCUT2D eigenvalue weighted by molar-refractivity contribution is 0.446. The average Bonchev–Trinajstić information content (AvgIpc) is 2.76. The van der Waals surface area contributed by atoms with E-state index in [-0.39, 0.29) is 15.7 Å². The molecule has 2 N–H and O–H groups in total. The van der Waals surface area contributed by atoms with E-state index in [0.717, 1.165) is 0 Å². The molecule has 0 atom stereocenters. The maximum Gasteiger partial charge on any atom is 0.245 e. The molecule has 0 amide bonds. The molecule has 2 rings (SSSR count). The molecule has 0 aliphatic rings. The third-order valence-electron chi connectivity index (χ3n) is 2.88. The summed E-state index contributed by atoms with van der Waals surface area (Å²) >= 11 is 0. The van der Waals surface area contributed by atoms with Gasteiger partial charge in [0.2, 0.25) is 10.0 Å². The first-order chi connectivity index (χ1) is 8.52. The van der Waals surface area contributed by atoms with Crippen molar-refractivity contribution in [3.05, 3.63) is 28.7 Å². The molecule has 2 heterocycles. The molecule has 0 fully saturated rings. The SMILES string of the molecule is CCN(CC)S(=O)(=O)c1c[nH]c2[nH]ccc(=O)c12. The fourth-order valence-corrected chi connectivity index (χ4v) is 3.58. The highest BCUT2D eigenvalue weighted by Crippen LogP contribution is 2.21. The highest BCUT2D eigenvalue weighted by Gasteiger charge is 2.26. The molecule has 0 unspecified atom stereocenters. The number of nitrogens with one attached hydrogen (secondary N) is 2. The Morgan fingerprint density at radius 1 is 1.22 bits per heavy atom. The molecule has 7 heteroatoms. The van der Waals surface area contributed by atoms with Crippen molar-refractivity contribution in [3.63, 3.8) is 0 Å². The van der Waals surface area contributed by atoms with Crippen LogP contribution in [0.4, 0.5) is 0 Å². The number of fused-ring (bicyclic) bond motifs is 1. The van der Waals surface area contributed by atoms with E-state index in [9.17, 15) is 13.2 Å². The predicted molar refractivity (Wildman–Crippen MR) is 69.0 cm³/mol. The molecular weight excluding hydrogens is 254 g/mol. The summed E-state index contributed by atoms with van der Waals surface area (Å²) in [6.07, 6.45) is 2.84. The van der Waals surface area contributed by atoms with E-state index in [1.165, 1.54) is 22.8 Å². The molecular formula is C11H15N3O3S. The topological polar surface area (TPSA) is 86.0 Å². The maximum atomic E-state index is 12.4. The van der Waals surface area contributed by atoms with Crippen molar-refractivity contribution in [1.82, 2.24) is 14.3 Å². The summed E-state index contributed by atoms with van der Waals surface area (Å²) in [5, 5.41) is 0.185. The van der Waals surface area contributed by atoms with Gasteiger partial charge in [0, 0.05) is 31.5 Å². The average molecular weight is 269 g/mol. The van der Waals surface area contributed by atoms with Crippen LogP contribution in [0.15, 0.2) is 28.2 Å². The smallest absolute Gasteiger partial charge is 0.245 e. The van der Waals surface area contributed by atoms with Gasteiger partial charge in [-0.05, 0) is 0 Å². The summed E-state index contributed by atoms with van der Waals surface area (Å²) in [4.78, 5) is 17.4. The molecule has 2 aromatic heterocycles. The zero-order valence-electron chi connectivity index (χ0n) is 10.2. The number of aromatic nitrogens is 2. The van der Waals surface area contributed by atoms with Gasteiger partial charge in [-0.1, -0.05) is 13.8 Å². The van der Waals surface area contributed by atoms with E-state index < -0.39 is 10.0 Å². The monoisotopic (exact) mass is 269 g/mol. The fourth-order valence-electron chi connectivity index (χ4n) is 1.95. The van der Waals surface area contributed by atoms with E-state index in [0.29, 0.717) is 18.7 Å². The van der Waals surface area contributed by atoms with Crippen LogP contribution in [0.5, 0.6) is 0 Å². The Kier molecular flexibility index (Phi) is 3.27. The minimum absolute atomic E-state index is 0.0306. The van der Waals surface area contributed by atoms with Crippen molar-refractivity contribution in [3.8, 4) is 0 Å². The Bertz CT molecular complexity index is 710. The Labute approximate surface area is 105 Å². The lowest BCUT2D eigenvalue weighted by Crippen LogP contribution is -2.30. The zero-order chi connectivity index (χ0) is 13.3. The highest BCUT2D eigenvalue weighted by molar-refractivity contribution is 7.89. The number of hydrogen-bond donors (Lipinski definition) is 2. The summed E-state index contributed by atoms with van der Waals surface area (Å²) in [7, 11) is -3.62. The van der Waals surface area contributed by atoms with E-state index in [1.807, 2.05) is 0 Å². The van der Waals surface area contributed by atoms with E-state index in [2.05, 4.69) is 9.97 Å². The zero-order valence-corrected chi connectivity index (χ0v) is 11.0. The van der Waals surface area contributed by atoms with Crippen molar-refractivity contribution >= 4 is 21.1 Å². The quantitative estimate of drug-likeness (QED) is 0.864. The second-order valence-corrected chi connectivity index (χ2v) is 5.74. The van der Waals surface area contributed by atoms with Gasteiger partial charge in [-0.2, -0.15) is 4.31 Å². The summed E-state index contributed by atoms with van der Waals surface area (Å²) in [6, 6.07) is 1.32. The van der Waals surface area contributed by atoms with Crippen molar-refractivity contribution in [1.29, 1.82) is 0 Å². The maximum absolute atomic E-state index is 12.4. The van der Waals surface area contributed by atoms with Crippen LogP contribution in [-0.4, -0.2) is 35.8 Å². The van der Waals surface area contributed by atoms with Crippen molar-refractivity contribution < 1.29 is 8.42 Å². The van der Waals surface area contributed by atoms with Crippen LogP contribution >= 0.6 is 0 Å². The third-order valence-corrected chi connectivity index (χ3v) is 4.95. The Morgan fingerprint density at radius 3 is 2.50 bits per heavy atom. The lowest BCUT2D eigenvalue weighted by Gasteiger charge is -2.17. The van der Waals surface area contributed by atoms with Gasteiger partial charge in [-0.15, -0.1) is 0 Å². The first-order valence-electron chi connectivity index (χ1n) is 5.71. The van der Waals surface area contributed by atoms with Crippen LogP contribution in [0.3, 0.4) is 0 Å². The number of aromatic amines is 2. The van der Waals surface area contributed by atoms with Crippen molar-refractivity contribution in [2.75, 3.05) is 13.1 Å². The molecule has 6 nitrogen and oxygen atoms in total. The molecule has 18 heavy (non-hydrogen) atoms. The largest absolute Gasteiger partial charge is 0.347 e. The van der Waals surface area contributed by atoms with Gasteiger partial charge < -0.3 is 9.97 Å². The van der Waals surface area contributed by atoms with Gasteiger partial charge >= 0.3 is 0 Å². The van der Waals surface area contributed by atoms with Gasteiger partial charge in [0.1, 0.15) is 10.5 Å². The van der Waals surface area contributed by atoms with Crippen LogP contribution in [0.2, 0.25) is 0 Å². The van der Waals surface area contributed by atoms with Gasteiger partial charge in [0.25, 0.3) is 0 Å². The molecule has 0 aromatic carbocycles. The summed E-state index contributed by atoms with van der Waals surface area (Å²) < 4.78 is 26.1. The molecule has 0 saturated carbocycles. The molecule has 0 radical (unpaired) electrons. The van der Waals surface area contributed by atoms with Crippen LogP contribution in [0, 0.1) is 0 Å². The minimum Gasteiger partial charge on any atom is -0.347 e. The number of pyridine rings is 1. The molecule has 0 aliphatic carbocycles. The van der Waals surface area contributed by atoms with Gasteiger partial charge in [0.05, 0.1) is 5.39 Å². The van der Waals surface area contributed by atoms with Crippen LogP contribution in [-0.2, 0) is 10.0 Å². The fraction of sp³-hybridized carbons (Fsp3) is 0.364. The van der Waals surface area contributed by atoms with E-state index in [1.54, 1.807) is 13.8 Å². The molecule has 98 valence electrons. The third kappa shape index (κ3) is 1.85. The highest BCUT2D eigenvalue weighted by atomic mass is 32.2. The number of nitrogens with zero attached hydrogens (tertiary/aromatic N) is 1. The van der Waals surface area contributed by atoms with Crippen LogP contribution < -0.4 is 5.43 Å². The Hall–Kier alpha value is -1.60. The minimum atomic E-state index is -3.62. The van der Waals surface area contributed by atoms with Crippen molar-refractivity contribution in [2.45, 2.75) is 18.7 Å². The Balaban J connectivity index is 2.73. The first kappa shape index (κ1) is 12.8. The molecule has 0 aliphatic heterocycles. The molecule has 0 bridgehead atoms. The lowest BCUT2D eigenvalue weighted by atomic mass is 10.3. The van der Waals surface area contributed by atoms with Crippen LogP contribution in [0.25, 0.3) is 11.0 Å². The first-order valence-corrected chi connectivity index (χ1v) is 7.15. The van der Waals surface area contributed by atoms with E-state index in [4.69, 9.17) is 0 Å². The molecule has 0 saturated heterocycles. The van der Waals surface area contributed by atoms with Gasteiger partial charge in [-0.25, -0.2) is 8.42 Å². The summed E-state index contributed by atoms with van der Waals surface area (Å²) in [5.41, 5.74) is 0.115. The normalized spacial score (nSPS) is 12.4. The Morgan fingerprint density at radius 2 is 1.89 bits per heavy atom. The molecule has 0 spiro atoms. The number of rotatable bonds is 4. The second-order valence-electron chi connectivity index (χ2n) is 3.83. The van der Waals surface area contributed by atoms with Gasteiger partial charge in [0.15, 0.2) is 5.43 Å². The standard InChI is InChI=1S/C11H15N3O3S/c1-3-14(4-2)18(16,17)9-7-13-11-10(9)8(15)5-6-12-11/h5-7H,3-4H2,1-2H3,(H2,12,13,15). The second kappa shape index (κ2) is 4.58. The predicted octanol–water partition coefficient (Wildman–Crippen LogP) is 0.887. The van der Waals surface area contributed by atoms with Crippen molar-refractivity contribution in [2.24, 2.45) is 0 Å². The van der Waals surface area contributed by atoms with Gasteiger partial charge in [-0.3, -0.25) is 4.79 Å². The number of hydrogen-bond acceptors (Lipinski definition) is 3.